The fraction of sp³-hybridized carbons (Fsp3) is 0.700. The molecule has 0 spiro atoms. The molecule has 5 nitrogen and oxygen atoms in total. The Balaban J connectivity index is 1.74. The fourth-order valence-corrected chi connectivity index (χ4v) is 5.35. The molecule has 0 aromatic carbocycles. The largest absolute Gasteiger partial charge is 0.512 e. The van der Waals surface area contributed by atoms with Gasteiger partial charge in [-0.05, 0) is 58.1 Å². The first-order valence-corrected chi connectivity index (χ1v) is 10.8. The van der Waals surface area contributed by atoms with Crippen LogP contribution in [0.15, 0.2) is 6.07 Å². The van der Waals surface area contributed by atoms with Crippen molar-refractivity contribution in [1.82, 2.24) is 4.98 Å². The van der Waals surface area contributed by atoms with Crippen LogP contribution in [-0.2, 0) is 25.7 Å². The van der Waals surface area contributed by atoms with Gasteiger partial charge in [0.15, 0.2) is 0 Å². The predicted molar refractivity (Wildman–Crippen MR) is 110 cm³/mol. The highest BCUT2D eigenvalue weighted by atomic mass is 32.1. The third kappa shape index (κ3) is 3.49. The van der Waals surface area contributed by atoms with E-state index in [1.807, 2.05) is 0 Å². The predicted octanol–water partition coefficient (Wildman–Crippen LogP) is 4.65. The first-order valence-electron chi connectivity index (χ1n) is 9.98. The highest BCUT2D eigenvalue weighted by molar-refractivity contribution is 7.19. The number of H-pyrrole nitrogens is 1. The first kappa shape index (κ1) is 19.5. The van der Waals surface area contributed by atoms with Crippen molar-refractivity contribution < 1.29 is 19.1 Å². The molecule has 3 heterocycles. The van der Waals surface area contributed by atoms with Crippen molar-refractivity contribution in [3.05, 3.63) is 16.5 Å². The van der Waals surface area contributed by atoms with Crippen LogP contribution < -0.4 is 5.59 Å². The van der Waals surface area contributed by atoms with Crippen LogP contribution in [0.5, 0.6) is 0 Å². The zero-order chi connectivity index (χ0) is 19.2. The van der Waals surface area contributed by atoms with Crippen LogP contribution >= 0.6 is 11.3 Å². The van der Waals surface area contributed by atoms with Crippen LogP contribution in [-0.4, -0.2) is 30.4 Å². The quantitative estimate of drug-likeness (QED) is 0.458. The molecule has 2 aromatic heterocycles. The van der Waals surface area contributed by atoms with Crippen molar-refractivity contribution in [1.29, 1.82) is 0 Å². The van der Waals surface area contributed by atoms with Crippen molar-refractivity contribution in [3.63, 3.8) is 0 Å². The molecular weight excluding hydrogens is 361 g/mol. The highest BCUT2D eigenvalue weighted by Gasteiger charge is 2.53. The molecule has 1 N–H and O–H groups in total. The third-order valence-corrected chi connectivity index (χ3v) is 7.55. The van der Waals surface area contributed by atoms with Gasteiger partial charge in [-0.2, -0.15) is 0 Å². The molecule has 1 aliphatic carbocycles. The van der Waals surface area contributed by atoms with E-state index in [4.69, 9.17) is 19.1 Å². The van der Waals surface area contributed by atoms with Crippen molar-refractivity contribution in [2.24, 2.45) is 0 Å². The summed E-state index contributed by atoms with van der Waals surface area (Å²) in [6.45, 7) is 8.91. The van der Waals surface area contributed by atoms with Gasteiger partial charge in [0, 0.05) is 4.88 Å². The molecule has 1 aliphatic heterocycles. The summed E-state index contributed by atoms with van der Waals surface area (Å²) in [7, 11) is 1.20. The van der Waals surface area contributed by atoms with Gasteiger partial charge in [0.05, 0.1) is 34.1 Å². The van der Waals surface area contributed by atoms with Gasteiger partial charge in [0.1, 0.15) is 6.61 Å². The molecule has 7 heteroatoms. The number of thiophene rings is 1. The van der Waals surface area contributed by atoms with Crippen LogP contribution in [0.25, 0.3) is 10.2 Å². The Morgan fingerprint density at radius 1 is 1.15 bits per heavy atom. The minimum atomic E-state index is -0.342. The van der Waals surface area contributed by atoms with E-state index in [1.54, 1.807) is 18.4 Å². The highest BCUT2D eigenvalue weighted by Crippen LogP contribution is 2.42. The summed E-state index contributed by atoms with van der Waals surface area (Å²) in [6, 6.07) is 2.17. The van der Waals surface area contributed by atoms with Crippen LogP contribution in [0.3, 0.4) is 0 Å². The van der Waals surface area contributed by atoms with Gasteiger partial charge in [-0.15, -0.1) is 11.3 Å². The number of hydrogen-bond acceptors (Lipinski definition) is 5. The number of fused-ring (bicyclic) bond motifs is 1. The van der Waals surface area contributed by atoms with Gasteiger partial charge in [0.2, 0.25) is 0 Å². The maximum Gasteiger partial charge on any atom is 0.512 e. The minimum Gasteiger partial charge on any atom is -0.398 e. The molecule has 0 atom stereocenters. The average molecular weight is 391 g/mol. The van der Waals surface area contributed by atoms with Gasteiger partial charge < -0.3 is 14.3 Å². The molecule has 2 fully saturated rings. The Hall–Kier alpha value is -0.855. The van der Waals surface area contributed by atoms with Gasteiger partial charge >= 0.3 is 7.12 Å². The summed E-state index contributed by atoms with van der Waals surface area (Å²) < 4.78 is 14.1. The van der Waals surface area contributed by atoms with E-state index in [1.165, 1.54) is 42.4 Å². The van der Waals surface area contributed by atoms with Crippen molar-refractivity contribution in [3.8, 4) is 0 Å². The molecule has 0 bridgehead atoms. The summed E-state index contributed by atoms with van der Waals surface area (Å²) in [5.74, 6) is 0.566. The first-order chi connectivity index (χ1) is 12.8. The molecule has 27 heavy (non-hydrogen) atoms. The van der Waals surface area contributed by atoms with E-state index in [0.717, 1.165) is 16.0 Å². The van der Waals surface area contributed by atoms with Gasteiger partial charge in [0.25, 0.3) is 0 Å². The lowest BCUT2D eigenvalue weighted by Crippen LogP contribution is -2.41. The van der Waals surface area contributed by atoms with Crippen LogP contribution in [0.2, 0.25) is 0 Å². The normalized spacial score (nSPS) is 22.8. The van der Waals surface area contributed by atoms with Crippen molar-refractivity contribution >= 4 is 34.3 Å². The molecule has 1 saturated carbocycles. The number of hydrogen-bond donors (Lipinski definition) is 1. The lowest BCUT2D eigenvalue weighted by atomic mass is 9.75. The average Bonchev–Trinajstić information content (AvgIpc) is 3.22. The van der Waals surface area contributed by atoms with Crippen molar-refractivity contribution in [2.75, 3.05) is 7.11 Å². The molecule has 0 unspecified atom stereocenters. The minimum absolute atomic E-state index is 0.336. The monoisotopic (exact) mass is 391 g/mol. The number of aromatic nitrogens is 1. The molecular formula is C20H30BNO4S. The van der Waals surface area contributed by atoms with Gasteiger partial charge in [-0.3, -0.25) is 0 Å². The molecule has 4 rings (SSSR count). The maximum atomic E-state index is 6.38. The second-order valence-corrected chi connectivity index (χ2v) is 9.90. The molecule has 0 radical (unpaired) electrons. The van der Waals surface area contributed by atoms with E-state index < -0.39 is 0 Å². The fourth-order valence-electron chi connectivity index (χ4n) is 4.20. The molecule has 0 amide bonds. The Labute approximate surface area is 165 Å². The Kier molecular flexibility index (Phi) is 5.18. The number of aromatic amines is 1. The SMILES string of the molecule is COOCc1cc2[nH]c(B3OC(C)(C)C(C)(C)O3)c(C3CCCCC3)c2s1. The summed E-state index contributed by atoms with van der Waals surface area (Å²) in [6.07, 6.45) is 6.41. The smallest absolute Gasteiger partial charge is 0.398 e. The summed E-state index contributed by atoms with van der Waals surface area (Å²) >= 11 is 1.79. The van der Waals surface area contributed by atoms with E-state index in [9.17, 15) is 0 Å². The lowest BCUT2D eigenvalue weighted by molar-refractivity contribution is -0.281. The third-order valence-electron chi connectivity index (χ3n) is 6.41. The Morgan fingerprint density at radius 2 is 1.81 bits per heavy atom. The van der Waals surface area contributed by atoms with Gasteiger partial charge in [-0.25, -0.2) is 9.78 Å². The summed E-state index contributed by atoms with van der Waals surface area (Å²) in [5, 5.41) is 0. The number of nitrogens with one attached hydrogen (secondary N) is 1. The zero-order valence-electron chi connectivity index (χ0n) is 17.0. The maximum absolute atomic E-state index is 6.38. The van der Waals surface area contributed by atoms with E-state index in [2.05, 4.69) is 38.7 Å². The van der Waals surface area contributed by atoms with Gasteiger partial charge in [-0.1, -0.05) is 19.3 Å². The topological polar surface area (TPSA) is 52.7 Å². The van der Waals surface area contributed by atoms with Crippen LogP contribution in [0.4, 0.5) is 0 Å². The standard InChI is InChI=1S/C20H30BNO4S/c1-19(2)20(3,4)26-21(25-19)18-16(13-9-7-6-8-10-13)17-15(22-18)11-14(27-17)12-24-23-5/h11,13,22H,6-10,12H2,1-5H3. The zero-order valence-corrected chi connectivity index (χ0v) is 17.8. The van der Waals surface area contributed by atoms with E-state index >= 15 is 0 Å². The van der Waals surface area contributed by atoms with Crippen LogP contribution in [0, 0.1) is 0 Å². The second-order valence-electron chi connectivity index (χ2n) is 8.76. The van der Waals surface area contributed by atoms with E-state index in [0.29, 0.717) is 12.5 Å². The molecule has 2 aromatic rings. The summed E-state index contributed by atoms with van der Waals surface area (Å²) in [5.41, 5.74) is 2.99. The Bertz CT molecular complexity index is 790. The number of rotatable bonds is 5. The lowest BCUT2D eigenvalue weighted by Gasteiger charge is -2.32. The van der Waals surface area contributed by atoms with Crippen molar-refractivity contribution in [2.45, 2.75) is 83.5 Å². The molecule has 2 aliphatic rings. The molecule has 1 saturated heterocycles. The molecule has 148 valence electrons. The Morgan fingerprint density at radius 3 is 2.44 bits per heavy atom. The summed E-state index contributed by atoms with van der Waals surface area (Å²) in [4.78, 5) is 14.7. The second kappa shape index (κ2) is 7.19. The van der Waals surface area contributed by atoms with Crippen LogP contribution in [0.1, 0.15) is 76.2 Å². The van der Waals surface area contributed by atoms with E-state index in [-0.39, 0.29) is 18.3 Å².